The van der Waals surface area contributed by atoms with Gasteiger partial charge in [0, 0.05) is 37.4 Å². The van der Waals surface area contributed by atoms with Gasteiger partial charge in [-0.2, -0.15) is 0 Å². The second-order valence-electron chi connectivity index (χ2n) is 15.2. The van der Waals surface area contributed by atoms with Gasteiger partial charge < -0.3 is 30.3 Å². The Hall–Kier alpha value is -2.41. The lowest BCUT2D eigenvalue weighted by atomic mass is 9.43. The predicted octanol–water partition coefficient (Wildman–Crippen LogP) is 2.61. The molecule has 0 spiro atoms. The number of hydrogen-bond donors (Lipinski definition) is 5. The summed E-state index contributed by atoms with van der Waals surface area (Å²) in [5.41, 5.74) is -2.93. The van der Waals surface area contributed by atoms with Crippen molar-refractivity contribution in [2.45, 2.75) is 122 Å². The van der Waals surface area contributed by atoms with Crippen molar-refractivity contribution in [3.63, 3.8) is 0 Å². The first-order valence-corrected chi connectivity index (χ1v) is 16.3. The molecule has 0 aromatic carbocycles. The average molecular weight is 638 g/mol. The van der Waals surface area contributed by atoms with Crippen LogP contribution in [-0.2, 0) is 28.7 Å². The molecule has 0 aromatic rings. The van der Waals surface area contributed by atoms with Gasteiger partial charge >= 0.3 is 17.9 Å². The van der Waals surface area contributed by atoms with Crippen LogP contribution in [0.2, 0.25) is 0 Å². The first kappa shape index (κ1) is 35.4. The predicted molar refractivity (Wildman–Crippen MR) is 160 cm³/mol. The fraction of sp³-hybridized carbons (Fsp3) is 0.848. The molecule has 45 heavy (non-hydrogen) atoms. The summed E-state index contributed by atoms with van der Waals surface area (Å²) >= 11 is 0. The van der Waals surface area contributed by atoms with Crippen LogP contribution in [0.3, 0.4) is 0 Å². The van der Waals surface area contributed by atoms with Crippen LogP contribution in [0.1, 0.15) is 92.4 Å². The molecule has 1 heterocycles. The minimum atomic E-state index is -2.74. The van der Waals surface area contributed by atoms with Gasteiger partial charge in [0.2, 0.25) is 0 Å². The molecular formula is C33H51NO11. The molecule has 5 aliphatic rings. The zero-order valence-corrected chi connectivity index (χ0v) is 27.1. The van der Waals surface area contributed by atoms with Crippen molar-refractivity contribution >= 4 is 29.5 Å². The summed E-state index contributed by atoms with van der Waals surface area (Å²) in [6.45, 7) is 12.3. The summed E-state index contributed by atoms with van der Waals surface area (Å²) in [5, 5.41) is 45.0. The lowest BCUT2D eigenvalue weighted by Gasteiger charge is -2.61. The number of aliphatic hydroxyl groups excluding tert-OH is 1. The first-order valence-electron chi connectivity index (χ1n) is 16.3. The van der Waals surface area contributed by atoms with Gasteiger partial charge in [-0.15, -0.1) is 0 Å². The molecule has 0 unspecified atom stereocenters. The number of carbonyl (C=O) groups is 5. The number of carbonyl (C=O) groups excluding carboxylic acids is 2. The number of carboxylic acid groups (broad SMARTS) is 3. The van der Waals surface area contributed by atoms with Gasteiger partial charge in [0.25, 0.3) is 0 Å². The van der Waals surface area contributed by atoms with E-state index < -0.39 is 36.4 Å². The SMILES string of the molecule is CC(=O)[C@H]1CC[C@H]2[C@@H]3CC[C@H]4C[C@H](O)[C@@H](N5C[C@@H](C)O[C@@H](C)C5)C[C@]4(C)[C@H]3C(=O)C[C@]12C.O=C(O)CC(O)(CC(=O)O)C(=O)O. The molecule has 12 nitrogen and oxygen atoms in total. The number of Topliss-reactive ketones (excluding diaryl/α,β-unsaturated/α-hetero) is 2. The number of ketones is 2. The number of aliphatic carboxylic acids is 3. The summed E-state index contributed by atoms with van der Waals surface area (Å²) in [6.07, 6.45) is 4.29. The van der Waals surface area contributed by atoms with E-state index >= 15 is 0 Å². The first-order chi connectivity index (χ1) is 20.8. The lowest BCUT2D eigenvalue weighted by molar-refractivity contribution is -0.175. The van der Waals surface area contributed by atoms with Crippen LogP contribution in [0, 0.1) is 40.4 Å². The third kappa shape index (κ3) is 6.84. The van der Waals surface area contributed by atoms with E-state index in [0.717, 1.165) is 51.6 Å². The van der Waals surface area contributed by atoms with Crippen molar-refractivity contribution in [1.82, 2.24) is 4.90 Å². The van der Waals surface area contributed by atoms with Gasteiger partial charge in [0.1, 0.15) is 11.6 Å². The average Bonchev–Trinajstić information content (AvgIpc) is 3.24. The van der Waals surface area contributed by atoms with Crippen molar-refractivity contribution in [2.24, 2.45) is 40.4 Å². The van der Waals surface area contributed by atoms with E-state index in [4.69, 9.17) is 25.2 Å². The van der Waals surface area contributed by atoms with Crippen LogP contribution >= 0.6 is 0 Å². The zero-order chi connectivity index (χ0) is 33.6. The third-order valence-electron chi connectivity index (χ3n) is 12.1. The Kier molecular flexibility index (Phi) is 10.2. The van der Waals surface area contributed by atoms with Gasteiger partial charge in [0.05, 0.1) is 31.2 Å². The molecule has 4 aliphatic carbocycles. The van der Waals surface area contributed by atoms with E-state index in [1.165, 1.54) is 0 Å². The molecule has 1 saturated heterocycles. The molecule has 4 saturated carbocycles. The van der Waals surface area contributed by atoms with Crippen molar-refractivity contribution in [3.05, 3.63) is 0 Å². The van der Waals surface area contributed by atoms with E-state index in [1.807, 2.05) is 0 Å². The van der Waals surface area contributed by atoms with Crippen molar-refractivity contribution in [1.29, 1.82) is 0 Å². The van der Waals surface area contributed by atoms with Crippen LogP contribution in [0.15, 0.2) is 0 Å². The standard InChI is InChI=1S/C27H43NO4.C6H8O7/c1-15-13-28(14-16(2)32-15)22-11-26(4)18(10-23(22)30)6-7-19-21-9-8-20(17(3)29)27(21,5)12-24(31)25(19)26;7-3(8)1-6(13,5(11)12)2-4(9)10/h15-16,18-23,25,30H,6-14H2,1-5H3;13H,1-2H2,(H,7,8)(H,9,10)(H,11,12)/t15-,16+,18-,19-,20+,21-,22-,23-,25+,26-,27+;/m0./s1. The summed E-state index contributed by atoms with van der Waals surface area (Å²) < 4.78 is 5.96. The molecule has 11 atom stereocenters. The number of ether oxygens (including phenoxy) is 1. The number of hydrogen-bond acceptors (Lipinski definition) is 9. The molecule has 12 heteroatoms. The van der Waals surface area contributed by atoms with Crippen molar-refractivity contribution in [2.75, 3.05) is 13.1 Å². The lowest BCUT2D eigenvalue weighted by Crippen LogP contribution is -2.63. The van der Waals surface area contributed by atoms with Gasteiger partial charge in [-0.1, -0.05) is 13.8 Å². The summed E-state index contributed by atoms with van der Waals surface area (Å²) in [6, 6.07) is 0.110. The van der Waals surface area contributed by atoms with Gasteiger partial charge in [-0.05, 0) is 87.9 Å². The largest absolute Gasteiger partial charge is 0.481 e. The maximum atomic E-state index is 13.9. The number of rotatable bonds is 7. The second kappa shape index (κ2) is 13.0. The molecule has 5 N–H and O–H groups in total. The molecule has 1 aliphatic heterocycles. The fourth-order valence-corrected chi connectivity index (χ4v) is 10.3. The molecule has 0 bridgehead atoms. The van der Waals surface area contributed by atoms with Gasteiger partial charge in [-0.3, -0.25) is 24.1 Å². The second-order valence-corrected chi connectivity index (χ2v) is 15.2. The topological polar surface area (TPSA) is 199 Å². The highest BCUT2D eigenvalue weighted by molar-refractivity contribution is 5.88. The maximum absolute atomic E-state index is 13.9. The Labute approximate surface area is 264 Å². The number of aliphatic hydroxyl groups is 2. The number of fused-ring (bicyclic) bond motifs is 5. The molecule has 0 amide bonds. The molecule has 254 valence electrons. The fourth-order valence-electron chi connectivity index (χ4n) is 10.3. The Morgan fingerprint density at radius 1 is 0.933 bits per heavy atom. The van der Waals surface area contributed by atoms with Crippen molar-refractivity contribution in [3.8, 4) is 0 Å². The van der Waals surface area contributed by atoms with Crippen LogP contribution < -0.4 is 0 Å². The van der Waals surface area contributed by atoms with E-state index in [1.54, 1.807) is 6.92 Å². The highest BCUT2D eigenvalue weighted by atomic mass is 16.5. The smallest absolute Gasteiger partial charge is 0.336 e. The number of nitrogens with zero attached hydrogens (tertiary/aromatic N) is 1. The molecule has 0 aromatic heterocycles. The monoisotopic (exact) mass is 637 g/mol. The normalized spacial score (nSPS) is 41.5. The number of carboxylic acids is 3. The quantitative estimate of drug-likeness (QED) is 0.274. The van der Waals surface area contributed by atoms with E-state index in [-0.39, 0.29) is 52.8 Å². The van der Waals surface area contributed by atoms with E-state index in [9.17, 15) is 29.1 Å². The maximum Gasteiger partial charge on any atom is 0.336 e. The third-order valence-corrected chi connectivity index (χ3v) is 12.1. The molecule has 5 fully saturated rings. The Bertz CT molecular complexity index is 1160. The molecule has 0 radical (unpaired) electrons. The van der Waals surface area contributed by atoms with E-state index in [2.05, 4.69) is 32.6 Å². The number of morpholine rings is 1. The summed E-state index contributed by atoms with van der Waals surface area (Å²) in [7, 11) is 0. The minimum Gasteiger partial charge on any atom is -0.481 e. The van der Waals surface area contributed by atoms with Crippen LogP contribution in [-0.4, -0.2) is 103 Å². The van der Waals surface area contributed by atoms with Gasteiger partial charge in [-0.25, -0.2) is 4.79 Å². The highest BCUT2D eigenvalue weighted by Crippen LogP contribution is 2.66. The van der Waals surface area contributed by atoms with E-state index in [0.29, 0.717) is 30.0 Å². The Balaban J connectivity index is 0.000000302. The molecule has 5 rings (SSSR count). The molecular weight excluding hydrogens is 586 g/mol. The Morgan fingerprint density at radius 3 is 2.02 bits per heavy atom. The van der Waals surface area contributed by atoms with Crippen LogP contribution in [0.4, 0.5) is 0 Å². The minimum absolute atomic E-state index is 0.0513. The van der Waals surface area contributed by atoms with Crippen LogP contribution in [0.5, 0.6) is 0 Å². The highest BCUT2D eigenvalue weighted by Gasteiger charge is 2.64. The van der Waals surface area contributed by atoms with Crippen molar-refractivity contribution < 1.29 is 54.2 Å². The van der Waals surface area contributed by atoms with Crippen LogP contribution in [0.25, 0.3) is 0 Å². The summed E-state index contributed by atoms with van der Waals surface area (Å²) in [4.78, 5) is 59.2. The van der Waals surface area contributed by atoms with Gasteiger partial charge in [0.15, 0.2) is 5.60 Å². The zero-order valence-electron chi connectivity index (χ0n) is 27.1. The Morgan fingerprint density at radius 2 is 1.51 bits per heavy atom. The summed E-state index contributed by atoms with van der Waals surface area (Å²) in [5.74, 6) is -2.86.